The van der Waals surface area contributed by atoms with Crippen LogP contribution in [-0.4, -0.2) is 23.3 Å². The van der Waals surface area contributed by atoms with E-state index in [1.165, 1.54) is 28.6 Å². The number of nitrogens with zero attached hydrogens (tertiary/aromatic N) is 1. The highest BCUT2D eigenvalue weighted by Crippen LogP contribution is 2.26. The van der Waals surface area contributed by atoms with Crippen molar-refractivity contribution in [3.8, 4) is 0 Å². The summed E-state index contributed by atoms with van der Waals surface area (Å²) in [5, 5.41) is 4.94. The molecule has 1 unspecified atom stereocenters. The average molecular weight is 272 g/mol. The minimum atomic E-state index is 0.0263. The van der Waals surface area contributed by atoms with Crippen LogP contribution in [0.1, 0.15) is 31.0 Å². The molecule has 1 aromatic carbocycles. The van der Waals surface area contributed by atoms with Crippen molar-refractivity contribution in [3.05, 3.63) is 35.5 Å². The van der Waals surface area contributed by atoms with E-state index in [1.807, 2.05) is 0 Å². The van der Waals surface area contributed by atoms with Gasteiger partial charge < -0.3 is 14.6 Å². The van der Waals surface area contributed by atoms with Gasteiger partial charge in [0.25, 0.3) is 0 Å². The molecule has 1 atom stereocenters. The maximum absolute atomic E-state index is 5.83. The monoisotopic (exact) mass is 272 g/mol. The van der Waals surface area contributed by atoms with Crippen LogP contribution in [0.15, 0.2) is 24.3 Å². The molecule has 3 heteroatoms. The Morgan fingerprint density at radius 2 is 2.15 bits per heavy atom. The highest BCUT2D eigenvalue weighted by Gasteiger charge is 2.29. The molecule has 3 rings (SSSR count). The van der Waals surface area contributed by atoms with Crippen molar-refractivity contribution in [3.63, 3.8) is 0 Å². The molecule has 1 saturated heterocycles. The number of para-hydroxylation sites is 1. The first-order chi connectivity index (χ1) is 9.61. The van der Waals surface area contributed by atoms with Crippen molar-refractivity contribution in [1.82, 2.24) is 9.88 Å². The Bertz CT molecular complexity index is 570. The largest absolute Gasteiger partial charge is 0.374 e. The molecular weight excluding hydrogens is 248 g/mol. The number of aryl methyl sites for hydroxylation is 2. The molecule has 2 aromatic rings. The molecule has 20 heavy (non-hydrogen) atoms. The van der Waals surface area contributed by atoms with Crippen LogP contribution >= 0.6 is 0 Å². The van der Waals surface area contributed by atoms with Crippen LogP contribution in [0.5, 0.6) is 0 Å². The summed E-state index contributed by atoms with van der Waals surface area (Å²) in [6.07, 6.45) is 2.35. The maximum Gasteiger partial charge on any atom is 0.0779 e. The summed E-state index contributed by atoms with van der Waals surface area (Å²) in [6.45, 7) is 7.16. The van der Waals surface area contributed by atoms with Gasteiger partial charge in [0.05, 0.1) is 5.60 Å². The van der Waals surface area contributed by atoms with Crippen LogP contribution in [0.3, 0.4) is 0 Å². The number of hydrogen-bond donors (Lipinski definition) is 1. The van der Waals surface area contributed by atoms with Gasteiger partial charge in [0, 0.05) is 43.3 Å². The molecule has 1 aliphatic heterocycles. The lowest BCUT2D eigenvalue weighted by Gasteiger charge is -2.23. The predicted octanol–water partition coefficient (Wildman–Crippen LogP) is 3.15. The van der Waals surface area contributed by atoms with E-state index < -0.39 is 0 Å². The number of aromatic nitrogens is 1. The molecule has 2 heterocycles. The minimum Gasteiger partial charge on any atom is -0.374 e. The SMILES string of the molecule is Cc1c(CNCC2(C)CCCO2)n(C)c2ccccc12. The number of hydrogen-bond acceptors (Lipinski definition) is 2. The summed E-state index contributed by atoms with van der Waals surface area (Å²) >= 11 is 0. The summed E-state index contributed by atoms with van der Waals surface area (Å²) < 4.78 is 8.13. The Morgan fingerprint density at radius 1 is 1.35 bits per heavy atom. The van der Waals surface area contributed by atoms with E-state index in [0.717, 1.165) is 26.1 Å². The Labute approximate surface area is 120 Å². The van der Waals surface area contributed by atoms with Gasteiger partial charge in [-0.1, -0.05) is 18.2 Å². The average Bonchev–Trinajstić information content (AvgIpc) is 2.98. The van der Waals surface area contributed by atoms with Crippen molar-refractivity contribution in [2.75, 3.05) is 13.2 Å². The number of benzene rings is 1. The summed E-state index contributed by atoms with van der Waals surface area (Å²) in [5.74, 6) is 0. The van der Waals surface area contributed by atoms with Gasteiger partial charge in [0.2, 0.25) is 0 Å². The molecule has 3 nitrogen and oxygen atoms in total. The van der Waals surface area contributed by atoms with Crippen molar-refractivity contribution in [1.29, 1.82) is 0 Å². The Morgan fingerprint density at radius 3 is 2.85 bits per heavy atom. The van der Waals surface area contributed by atoms with Gasteiger partial charge in [-0.25, -0.2) is 0 Å². The zero-order valence-electron chi connectivity index (χ0n) is 12.7. The number of fused-ring (bicyclic) bond motifs is 1. The lowest BCUT2D eigenvalue weighted by atomic mass is 10.0. The third-order valence-electron chi connectivity index (χ3n) is 4.60. The van der Waals surface area contributed by atoms with Crippen LogP contribution in [0.4, 0.5) is 0 Å². The van der Waals surface area contributed by atoms with Gasteiger partial charge in [-0.2, -0.15) is 0 Å². The Kier molecular flexibility index (Phi) is 3.57. The third-order valence-corrected chi connectivity index (χ3v) is 4.60. The number of nitrogens with one attached hydrogen (secondary N) is 1. The third kappa shape index (κ3) is 2.36. The van der Waals surface area contributed by atoms with E-state index in [9.17, 15) is 0 Å². The molecule has 0 spiro atoms. The summed E-state index contributed by atoms with van der Waals surface area (Å²) in [7, 11) is 2.15. The van der Waals surface area contributed by atoms with Crippen LogP contribution in [0, 0.1) is 6.92 Å². The van der Waals surface area contributed by atoms with E-state index in [2.05, 4.69) is 55.0 Å². The summed E-state index contributed by atoms with van der Waals surface area (Å²) in [4.78, 5) is 0. The Balaban J connectivity index is 1.74. The van der Waals surface area contributed by atoms with E-state index >= 15 is 0 Å². The topological polar surface area (TPSA) is 26.2 Å². The number of ether oxygens (including phenoxy) is 1. The standard InChI is InChI=1S/C17H24N2O/c1-13-14-7-4-5-8-15(14)19(3)16(13)11-18-12-17(2)9-6-10-20-17/h4-5,7-8,18H,6,9-12H2,1-3H3. The normalized spacial score (nSPS) is 22.8. The molecule has 1 fully saturated rings. The molecule has 0 aliphatic carbocycles. The fourth-order valence-corrected chi connectivity index (χ4v) is 3.31. The lowest BCUT2D eigenvalue weighted by Crippen LogP contribution is -2.37. The van der Waals surface area contributed by atoms with Crippen molar-refractivity contribution >= 4 is 10.9 Å². The second kappa shape index (κ2) is 5.23. The second-order valence-electron chi connectivity index (χ2n) is 6.15. The minimum absolute atomic E-state index is 0.0263. The van der Waals surface area contributed by atoms with Gasteiger partial charge in [-0.15, -0.1) is 0 Å². The van der Waals surface area contributed by atoms with Crippen molar-refractivity contribution < 1.29 is 4.74 Å². The summed E-state index contributed by atoms with van der Waals surface area (Å²) in [6, 6.07) is 8.61. The zero-order chi connectivity index (χ0) is 14.2. The van der Waals surface area contributed by atoms with Crippen molar-refractivity contribution in [2.45, 2.75) is 38.8 Å². The quantitative estimate of drug-likeness (QED) is 0.925. The fourth-order valence-electron chi connectivity index (χ4n) is 3.31. The zero-order valence-corrected chi connectivity index (χ0v) is 12.7. The van der Waals surface area contributed by atoms with Gasteiger partial charge in [-0.05, 0) is 38.3 Å². The fraction of sp³-hybridized carbons (Fsp3) is 0.529. The van der Waals surface area contributed by atoms with Crippen molar-refractivity contribution in [2.24, 2.45) is 7.05 Å². The highest BCUT2D eigenvalue weighted by molar-refractivity contribution is 5.85. The molecule has 1 aromatic heterocycles. The molecule has 0 bridgehead atoms. The lowest BCUT2D eigenvalue weighted by molar-refractivity contribution is 0.0206. The molecule has 108 valence electrons. The van der Waals surface area contributed by atoms with Crippen LogP contribution in [0.2, 0.25) is 0 Å². The summed E-state index contributed by atoms with van der Waals surface area (Å²) in [5.41, 5.74) is 4.09. The second-order valence-corrected chi connectivity index (χ2v) is 6.15. The maximum atomic E-state index is 5.83. The predicted molar refractivity (Wildman–Crippen MR) is 83.0 cm³/mol. The molecule has 0 amide bonds. The van der Waals surface area contributed by atoms with Crippen LogP contribution in [-0.2, 0) is 18.3 Å². The molecule has 0 radical (unpaired) electrons. The number of rotatable bonds is 4. The molecular formula is C17H24N2O. The first-order valence-electron chi connectivity index (χ1n) is 7.48. The van der Waals surface area contributed by atoms with E-state index in [4.69, 9.17) is 4.74 Å². The molecule has 1 aliphatic rings. The molecule has 0 saturated carbocycles. The van der Waals surface area contributed by atoms with Crippen LogP contribution in [0.25, 0.3) is 10.9 Å². The smallest absolute Gasteiger partial charge is 0.0779 e. The highest BCUT2D eigenvalue weighted by atomic mass is 16.5. The first kappa shape index (κ1) is 13.7. The van der Waals surface area contributed by atoms with Gasteiger partial charge in [0.15, 0.2) is 0 Å². The van der Waals surface area contributed by atoms with E-state index in [0.29, 0.717) is 0 Å². The van der Waals surface area contributed by atoms with Crippen LogP contribution < -0.4 is 5.32 Å². The van der Waals surface area contributed by atoms with Gasteiger partial charge in [0.1, 0.15) is 0 Å². The van der Waals surface area contributed by atoms with Gasteiger partial charge >= 0.3 is 0 Å². The van der Waals surface area contributed by atoms with E-state index in [-0.39, 0.29) is 5.60 Å². The molecule has 1 N–H and O–H groups in total. The van der Waals surface area contributed by atoms with Gasteiger partial charge in [-0.3, -0.25) is 0 Å². The van der Waals surface area contributed by atoms with E-state index in [1.54, 1.807) is 0 Å². The Hall–Kier alpha value is -1.32. The first-order valence-corrected chi connectivity index (χ1v) is 7.48.